The predicted octanol–water partition coefficient (Wildman–Crippen LogP) is 3.95. The van der Waals surface area contributed by atoms with E-state index in [1.54, 1.807) is 36.4 Å². The molecule has 6 heteroatoms. The molecule has 146 valence electrons. The maximum absolute atomic E-state index is 11.7. The molecule has 0 unspecified atom stereocenters. The molecule has 0 radical (unpaired) electrons. The Bertz CT molecular complexity index is 870. The van der Waals surface area contributed by atoms with Crippen molar-refractivity contribution in [2.24, 2.45) is 0 Å². The number of carbonyl (C=O) groups is 4. The molecule has 0 saturated carbocycles. The van der Waals surface area contributed by atoms with Gasteiger partial charge in [0.25, 0.3) is 23.6 Å². The fourth-order valence-corrected chi connectivity index (χ4v) is 2.69. The van der Waals surface area contributed by atoms with Gasteiger partial charge in [-0.1, -0.05) is 52.7 Å². The fraction of sp³-hybridized carbons (Fsp3) is 0.273. The minimum absolute atomic E-state index is 0.309. The van der Waals surface area contributed by atoms with E-state index in [1.807, 2.05) is 0 Å². The SMILES string of the molecule is CCC.CCC.O=C1NC(=O)c2cc(-c3ccc4c(c3)C(=O)NC4=O)ccc21. The van der Waals surface area contributed by atoms with E-state index in [4.69, 9.17) is 0 Å². The van der Waals surface area contributed by atoms with E-state index in [0.717, 1.165) is 0 Å². The van der Waals surface area contributed by atoms with Gasteiger partial charge in [0.2, 0.25) is 0 Å². The van der Waals surface area contributed by atoms with Crippen LogP contribution in [0, 0.1) is 0 Å². The van der Waals surface area contributed by atoms with Gasteiger partial charge in [0.05, 0.1) is 22.3 Å². The Kier molecular flexibility index (Phi) is 6.82. The second-order valence-electron chi connectivity index (χ2n) is 6.50. The molecule has 0 atom stereocenters. The van der Waals surface area contributed by atoms with E-state index in [9.17, 15) is 19.2 Å². The lowest BCUT2D eigenvalue weighted by molar-refractivity contribution is 0.0863. The predicted molar refractivity (Wildman–Crippen MR) is 107 cm³/mol. The van der Waals surface area contributed by atoms with E-state index in [0.29, 0.717) is 33.4 Å². The number of carbonyl (C=O) groups excluding carboxylic acids is 4. The molecule has 0 bridgehead atoms. The summed E-state index contributed by atoms with van der Waals surface area (Å²) in [5.74, 6) is -1.69. The second kappa shape index (κ2) is 9.08. The zero-order chi connectivity index (χ0) is 20.8. The molecule has 6 nitrogen and oxygen atoms in total. The van der Waals surface area contributed by atoms with Crippen molar-refractivity contribution < 1.29 is 19.2 Å². The Morgan fingerprint density at radius 3 is 1.14 bits per heavy atom. The lowest BCUT2D eigenvalue weighted by Gasteiger charge is -2.05. The molecule has 0 saturated heterocycles. The van der Waals surface area contributed by atoms with Crippen LogP contribution < -0.4 is 10.6 Å². The van der Waals surface area contributed by atoms with Crippen LogP contribution in [0.1, 0.15) is 82.0 Å². The monoisotopic (exact) mass is 380 g/mol. The van der Waals surface area contributed by atoms with Crippen LogP contribution in [0.25, 0.3) is 11.1 Å². The third-order valence-corrected chi connectivity index (χ3v) is 3.81. The molecule has 0 fully saturated rings. The second-order valence-corrected chi connectivity index (χ2v) is 6.50. The molecule has 2 aromatic rings. The summed E-state index contributed by atoms with van der Waals surface area (Å²) < 4.78 is 0. The van der Waals surface area contributed by atoms with Gasteiger partial charge >= 0.3 is 0 Å². The van der Waals surface area contributed by atoms with E-state index in [-0.39, 0.29) is 0 Å². The van der Waals surface area contributed by atoms with Crippen molar-refractivity contribution in [3.05, 3.63) is 58.7 Å². The van der Waals surface area contributed by atoms with Crippen molar-refractivity contribution in [2.45, 2.75) is 40.5 Å². The Morgan fingerprint density at radius 1 is 0.536 bits per heavy atom. The first-order valence-electron chi connectivity index (χ1n) is 9.37. The largest absolute Gasteiger partial charge is 0.288 e. The number of nitrogens with one attached hydrogen (secondary N) is 2. The summed E-state index contributed by atoms with van der Waals surface area (Å²) in [6.45, 7) is 8.50. The summed E-state index contributed by atoms with van der Waals surface area (Å²) in [5.41, 5.74) is 2.68. The summed E-state index contributed by atoms with van der Waals surface area (Å²) in [7, 11) is 0. The van der Waals surface area contributed by atoms with Gasteiger partial charge in [-0.2, -0.15) is 0 Å². The summed E-state index contributed by atoms with van der Waals surface area (Å²) in [4.78, 5) is 46.5. The van der Waals surface area contributed by atoms with Crippen molar-refractivity contribution in [1.29, 1.82) is 0 Å². The lowest BCUT2D eigenvalue weighted by atomic mass is 9.97. The zero-order valence-electron chi connectivity index (χ0n) is 16.5. The van der Waals surface area contributed by atoms with Gasteiger partial charge in [-0.3, -0.25) is 29.8 Å². The third kappa shape index (κ3) is 4.17. The molecule has 2 aliphatic rings. The molecule has 2 aromatic carbocycles. The minimum atomic E-state index is -0.434. The van der Waals surface area contributed by atoms with Crippen LogP contribution in [0.5, 0.6) is 0 Å². The summed E-state index contributed by atoms with van der Waals surface area (Å²) in [6, 6.07) is 9.76. The highest BCUT2D eigenvalue weighted by Gasteiger charge is 2.28. The number of imide groups is 2. The average molecular weight is 380 g/mol. The molecule has 0 aliphatic carbocycles. The number of benzene rings is 2. The molecular formula is C22H24N2O4. The van der Waals surface area contributed by atoms with Gasteiger partial charge in [-0.15, -0.1) is 0 Å². The van der Waals surface area contributed by atoms with Crippen molar-refractivity contribution in [3.63, 3.8) is 0 Å². The van der Waals surface area contributed by atoms with Crippen LogP contribution in [0.15, 0.2) is 36.4 Å². The summed E-state index contributed by atoms with van der Waals surface area (Å²) in [6.07, 6.45) is 2.50. The standard InChI is InChI=1S/C16H8N2O4.2C3H8/c19-13-9-3-1-7(5-11(9)15(21)17-13)8-2-4-10-12(6-8)16(22)18-14(10)20;2*1-3-2/h1-6H,(H,17,19,21)(H,18,20,22);2*3H2,1-2H3. The van der Waals surface area contributed by atoms with Crippen LogP contribution in [0.3, 0.4) is 0 Å². The summed E-state index contributed by atoms with van der Waals surface area (Å²) in [5, 5.41) is 4.46. The van der Waals surface area contributed by atoms with E-state index in [2.05, 4.69) is 38.3 Å². The van der Waals surface area contributed by atoms with Crippen molar-refractivity contribution in [3.8, 4) is 11.1 Å². The van der Waals surface area contributed by atoms with Gasteiger partial charge in [-0.25, -0.2) is 0 Å². The number of hydrogen-bond donors (Lipinski definition) is 2. The van der Waals surface area contributed by atoms with Gasteiger partial charge in [-0.05, 0) is 35.4 Å². The molecular weight excluding hydrogens is 356 g/mol. The molecule has 28 heavy (non-hydrogen) atoms. The molecule has 0 aromatic heterocycles. The van der Waals surface area contributed by atoms with Gasteiger partial charge in [0.15, 0.2) is 0 Å². The van der Waals surface area contributed by atoms with Crippen LogP contribution in [0.4, 0.5) is 0 Å². The molecule has 4 rings (SSSR count). The average Bonchev–Trinajstić information content (AvgIpc) is 3.11. The lowest BCUT2D eigenvalue weighted by Crippen LogP contribution is -2.19. The topological polar surface area (TPSA) is 92.3 Å². The van der Waals surface area contributed by atoms with E-state index < -0.39 is 23.6 Å². The Hall–Kier alpha value is -3.28. The highest BCUT2D eigenvalue weighted by Crippen LogP contribution is 2.28. The smallest absolute Gasteiger partial charge is 0.258 e. The van der Waals surface area contributed by atoms with Crippen LogP contribution in [0.2, 0.25) is 0 Å². The fourth-order valence-electron chi connectivity index (χ4n) is 2.69. The van der Waals surface area contributed by atoms with E-state index >= 15 is 0 Å². The van der Waals surface area contributed by atoms with Crippen molar-refractivity contribution >= 4 is 23.6 Å². The molecule has 2 heterocycles. The molecule has 2 aliphatic heterocycles. The minimum Gasteiger partial charge on any atom is -0.288 e. The Balaban J connectivity index is 0.000000418. The quantitative estimate of drug-likeness (QED) is 0.733. The first-order valence-corrected chi connectivity index (χ1v) is 9.37. The normalized spacial score (nSPS) is 13.4. The van der Waals surface area contributed by atoms with Crippen LogP contribution in [-0.4, -0.2) is 23.6 Å². The van der Waals surface area contributed by atoms with Crippen LogP contribution >= 0.6 is 0 Å². The van der Waals surface area contributed by atoms with Gasteiger partial charge in [0.1, 0.15) is 0 Å². The maximum atomic E-state index is 11.7. The van der Waals surface area contributed by atoms with Crippen molar-refractivity contribution in [1.82, 2.24) is 10.6 Å². The Morgan fingerprint density at radius 2 is 0.821 bits per heavy atom. The molecule has 2 N–H and O–H groups in total. The highest BCUT2D eigenvalue weighted by molar-refractivity contribution is 6.23. The number of fused-ring (bicyclic) bond motifs is 2. The van der Waals surface area contributed by atoms with E-state index in [1.165, 1.54) is 12.8 Å². The van der Waals surface area contributed by atoms with Gasteiger partial charge < -0.3 is 0 Å². The van der Waals surface area contributed by atoms with Crippen molar-refractivity contribution in [2.75, 3.05) is 0 Å². The maximum Gasteiger partial charge on any atom is 0.258 e. The van der Waals surface area contributed by atoms with Gasteiger partial charge in [0, 0.05) is 0 Å². The molecule has 0 spiro atoms. The number of hydrogen-bond acceptors (Lipinski definition) is 4. The molecule has 4 amide bonds. The Labute approximate surface area is 164 Å². The first kappa shape index (κ1) is 21.0. The summed E-state index contributed by atoms with van der Waals surface area (Å²) >= 11 is 0. The third-order valence-electron chi connectivity index (χ3n) is 3.81. The zero-order valence-corrected chi connectivity index (χ0v) is 16.5. The first-order chi connectivity index (χ1) is 13.4. The number of rotatable bonds is 1. The highest BCUT2D eigenvalue weighted by atomic mass is 16.2. The van der Waals surface area contributed by atoms with Crippen LogP contribution in [-0.2, 0) is 0 Å². The number of amides is 4.